The lowest BCUT2D eigenvalue weighted by atomic mass is 10.2. The average Bonchev–Trinajstić information content (AvgIpc) is 3.48. The van der Waals surface area contributed by atoms with Crippen LogP contribution in [0.1, 0.15) is 16.1 Å². The number of carbonyl (C=O) groups is 1. The Morgan fingerprint density at radius 3 is 2.58 bits per heavy atom. The summed E-state index contributed by atoms with van der Waals surface area (Å²) in [6.07, 6.45) is 0. The molecule has 0 saturated heterocycles. The van der Waals surface area contributed by atoms with Crippen LogP contribution in [0.5, 0.6) is 5.75 Å². The lowest BCUT2D eigenvalue weighted by molar-refractivity contribution is 0.0951. The zero-order chi connectivity index (χ0) is 25.4. The first-order valence-electron chi connectivity index (χ1n) is 10.6. The van der Waals surface area contributed by atoms with Gasteiger partial charge in [0.2, 0.25) is 5.89 Å². The van der Waals surface area contributed by atoms with E-state index >= 15 is 0 Å². The molecule has 0 saturated carbocycles. The van der Waals surface area contributed by atoms with Crippen LogP contribution in [-0.2, 0) is 0 Å². The molecule has 36 heavy (non-hydrogen) atoms. The number of halogens is 2. The fraction of sp³-hybridized carbons (Fsp3) is 0.0385. The third-order valence-corrected chi connectivity index (χ3v) is 6.23. The first kappa shape index (κ1) is 23.9. The Balaban J connectivity index is 1.26. The monoisotopic (exact) mass is 537 g/mol. The fourth-order valence-corrected chi connectivity index (χ4v) is 4.04. The third-order valence-electron chi connectivity index (χ3n) is 5.29. The van der Waals surface area contributed by atoms with Gasteiger partial charge in [0.1, 0.15) is 17.0 Å². The molecule has 0 aliphatic rings. The number of oxazole rings is 1. The number of phenolic OH excluding ortho intramolecular Hbond substituents is 1. The van der Waals surface area contributed by atoms with Crippen molar-refractivity contribution in [2.24, 2.45) is 0 Å². The van der Waals surface area contributed by atoms with Gasteiger partial charge in [-0.05, 0) is 79.3 Å². The topological polar surface area (TPSA) is 101 Å². The molecule has 0 aliphatic heterocycles. The number of phenols is 1. The Morgan fingerprint density at radius 1 is 0.972 bits per heavy atom. The number of fused-ring (bicyclic) bond motifs is 1. The van der Waals surface area contributed by atoms with Gasteiger partial charge in [-0.25, -0.2) is 4.98 Å². The Hall–Kier alpha value is -3.85. The van der Waals surface area contributed by atoms with Gasteiger partial charge in [-0.3, -0.25) is 10.1 Å². The Kier molecular flexibility index (Phi) is 6.40. The van der Waals surface area contributed by atoms with Crippen molar-refractivity contribution in [2.75, 3.05) is 5.32 Å². The van der Waals surface area contributed by atoms with E-state index in [1.165, 1.54) is 12.1 Å². The zero-order valence-electron chi connectivity index (χ0n) is 18.6. The number of furan rings is 1. The van der Waals surface area contributed by atoms with E-state index in [4.69, 9.17) is 44.3 Å². The molecule has 2 aromatic heterocycles. The SMILES string of the molecule is Cc1ccc2nc(-c3ccc(NC(=S)NC(=O)c4ccc(-c5ccc(Cl)c(Cl)c5)o4)cc3O)oc2c1. The van der Waals surface area contributed by atoms with Crippen LogP contribution in [0.2, 0.25) is 10.0 Å². The zero-order valence-corrected chi connectivity index (χ0v) is 21.0. The van der Waals surface area contributed by atoms with E-state index in [1.807, 2.05) is 25.1 Å². The highest BCUT2D eigenvalue weighted by Crippen LogP contribution is 2.33. The van der Waals surface area contributed by atoms with Gasteiger partial charge in [-0.15, -0.1) is 0 Å². The summed E-state index contributed by atoms with van der Waals surface area (Å²) in [5, 5.41) is 16.8. The van der Waals surface area contributed by atoms with Crippen molar-refractivity contribution in [3.8, 4) is 28.5 Å². The normalized spacial score (nSPS) is 11.0. The van der Waals surface area contributed by atoms with Gasteiger partial charge in [0.05, 0.1) is 15.6 Å². The molecule has 0 fully saturated rings. The van der Waals surface area contributed by atoms with Gasteiger partial charge in [0, 0.05) is 17.3 Å². The van der Waals surface area contributed by atoms with Gasteiger partial charge in [0.25, 0.3) is 5.91 Å². The summed E-state index contributed by atoms with van der Waals surface area (Å²) in [7, 11) is 0. The Bertz CT molecular complexity index is 1640. The largest absolute Gasteiger partial charge is 0.507 e. The van der Waals surface area contributed by atoms with E-state index in [9.17, 15) is 9.90 Å². The molecule has 10 heteroatoms. The van der Waals surface area contributed by atoms with Crippen LogP contribution in [0.15, 0.2) is 75.6 Å². The van der Waals surface area contributed by atoms with E-state index < -0.39 is 5.91 Å². The average molecular weight is 538 g/mol. The molecule has 2 heterocycles. The molecular formula is C26H17Cl2N3O4S. The maximum atomic E-state index is 12.6. The van der Waals surface area contributed by atoms with Crippen molar-refractivity contribution < 1.29 is 18.7 Å². The van der Waals surface area contributed by atoms with Crippen molar-refractivity contribution in [1.29, 1.82) is 0 Å². The standard InChI is InChI=1S/C26H17Cl2N3O4S/c1-13-2-7-19-23(10-13)35-25(30-19)16-5-4-15(12-20(16)32)29-26(36)31-24(33)22-9-8-21(34-22)14-3-6-17(27)18(28)11-14/h2-12,32H,1H3,(H2,29,31,33,36). The van der Waals surface area contributed by atoms with Crippen LogP contribution in [0.3, 0.4) is 0 Å². The molecule has 0 unspecified atom stereocenters. The summed E-state index contributed by atoms with van der Waals surface area (Å²) in [5.74, 6) is 0.208. The maximum absolute atomic E-state index is 12.6. The Labute approximate surface area is 220 Å². The van der Waals surface area contributed by atoms with Gasteiger partial charge in [0.15, 0.2) is 16.5 Å². The molecule has 0 atom stereocenters. The summed E-state index contributed by atoms with van der Waals surface area (Å²) < 4.78 is 11.4. The van der Waals surface area contributed by atoms with Gasteiger partial charge in [-0.2, -0.15) is 0 Å². The van der Waals surface area contributed by atoms with E-state index in [0.717, 1.165) is 5.56 Å². The Morgan fingerprint density at radius 2 is 1.81 bits per heavy atom. The second-order valence-electron chi connectivity index (χ2n) is 7.92. The number of rotatable bonds is 4. The highest BCUT2D eigenvalue weighted by molar-refractivity contribution is 7.80. The van der Waals surface area contributed by atoms with Crippen LogP contribution in [-0.4, -0.2) is 21.1 Å². The predicted octanol–water partition coefficient (Wildman–Crippen LogP) is 7.20. The van der Waals surface area contributed by atoms with Crippen LogP contribution >= 0.6 is 35.4 Å². The van der Waals surface area contributed by atoms with Crippen LogP contribution in [0.4, 0.5) is 5.69 Å². The highest BCUT2D eigenvalue weighted by Gasteiger charge is 2.16. The van der Waals surface area contributed by atoms with Crippen LogP contribution < -0.4 is 10.6 Å². The van der Waals surface area contributed by atoms with E-state index in [0.29, 0.717) is 49.6 Å². The number of nitrogens with zero attached hydrogens (tertiary/aromatic N) is 1. The molecule has 7 nitrogen and oxygen atoms in total. The summed E-state index contributed by atoms with van der Waals surface area (Å²) in [6.45, 7) is 1.96. The fourth-order valence-electron chi connectivity index (χ4n) is 3.53. The summed E-state index contributed by atoms with van der Waals surface area (Å²) in [5.41, 5.74) is 3.94. The number of thiocarbonyl (C=S) groups is 1. The molecule has 5 aromatic rings. The number of aromatic hydroxyl groups is 1. The number of aryl methyl sites for hydroxylation is 1. The maximum Gasteiger partial charge on any atom is 0.293 e. The van der Waals surface area contributed by atoms with Crippen LogP contribution in [0, 0.1) is 6.92 Å². The molecule has 0 spiro atoms. The molecule has 3 aromatic carbocycles. The molecule has 0 radical (unpaired) electrons. The highest BCUT2D eigenvalue weighted by atomic mass is 35.5. The number of nitrogens with one attached hydrogen (secondary N) is 2. The number of hydrogen-bond donors (Lipinski definition) is 3. The molecule has 0 bridgehead atoms. The van der Waals surface area contributed by atoms with Gasteiger partial charge in [-0.1, -0.05) is 29.3 Å². The van der Waals surface area contributed by atoms with E-state index in [1.54, 1.807) is 36.4 Å². The summed E-state index contributed by atoms with van der Waals surface area (Å²) in [6, 6.07) is 18.7. The van der Waals surface area contributed by atoms with E-state index in [2.05, 4.69) is 15.6 Å². The molecule has 180 valence electrons. The third kappa shape index (κ3) is 4.92. The predicted molar refractivity (Wildman–Crippen MR) is 144 cm³/mol. The van der Waals surface area contributed by atoms with Crippen molar-refractivity contribution in [3.05, 3.63) is 88.1 Å². The van der Waals surface area contributed by atoms with Crippen molar-refractivity contribution >= 4 is 63.2 Å². The molecule has 5 rings (SSSR count). The summed E-state index contributed by atoms with van der Waals surface area (Å²) >= 11 is 17.2. The minimum absolute atomic E-state index is 0.0250. The number of aromatic nitrogens is 1. The van der Waals surface area contributed by atoms with Crippen LogP contribution in [0.25, 0.3) is 33.9 Å². The van der Waals surface area contributed by atoms with E-state index in [-0.39, 0.29) is 16.6 Å². The number of anilines is 1. The first-order valence-corrected chi connectivity index (χ1v) is 11.8. The lowest BCUT2D eigenvalue weighted by Gasteiger charge is -2.10. The molecule has 0 aliphatic carbocycles. The number of amides is 1. The molecule has 3 N–H and O–H groups in total. The summed E-state index contributed by atoms with van der Waals surface area (Å²) in [4.78, 5) is 17.0. The lowest BCUT2D eigenvalue weighted by Crippen LogP contribution is -2.33. The second kappa shape index (κ2) is 9.66. The van der Waals surface area contributed by atoms with Gasteiger partial charge >= 0.3 is 0 Å². The smallest absolute Gasteiger partial charge is 0.293 e. The minimum Gasteiger partial charge on any atom is -0.507 e. The molecule has 1 amide bonds. The number of carbonyl (C=O) groups excluding carboxylic acids is 1. The van der Waals surface area contributed by atoms with Gasteiger partial charge < -0.3 is 19.3 Å². The number of benzene rings is 3. The van der Waals surface area contributed by atoms with Crippen molar-refractivity contribution in [1.82, 2.24) is 10.3 Å². The first-order chi connectivity index (χ1) is 17.3. The second-order valence-corrected chi connectivity index (χ2v) is 9.15. The number of hydrogen-bond acceptors (Lipinski definition) is 6. The molecular weight excluding hydrogens is 521 g/mol. The van der Waals surface area contributed by atoms with Crippen molar-refractivity contribution in [3.63, 3.8) is 0 Å². The quantitative estimate of drug-likeness (QED) is 0.208. The minimum atomic E-state index is -0.540. The van der Waals surface area contributed by atoms with Crippen molar-refractivity contribution in [2.45, 2.75) is 6.92 Å².